The Hall–Kier alpha value is -3.36. The summed E-state index contributed by atoms with van der Waals surface area (Å²) in [5.41, 5.74) is 2.11. The summed E-state index contributed by atoms with van der Waals surface area (Å²) < 4.78 is 13.3. The summed E-state index contributed by atoms with van der Waals surface area (Å²) in [6.07, 6.45) is 1.49. The van der Waals surface area contributed by atoms with E-state index in [2.05, 4.69) is 43.8 Å². The highest BCUT2D eigenvalue weighted by Gasteiger charge is 2.15. The van der Waals surface area contributed by atoms with Gasteiger partial charge in [0.05, 0.1) is 15.7 Å². The Balaban J connectivity index is 1.82. The van der Waals surface area contributed by atoms with Crippen molar-refractivity contribution >= 4 is 62.2 Å². The first-order valence-corrected chi connectivity index (χ1v) is 12.3. The number of nitriles is 1. The average molecular weight is 647 g/mol. The van der Waals surface area contributed by atoms with Crippen LogP contribution in [0.4, 0.5) is 5.69 Å². The molecule has 0 fully saturated rings. The third-order valence-electron chi connectivity index (χ3n) is 4.67. The Bertz CT molecular complexity index is 1320. The summed E-state index contributed by atoms with van der Waals surface area (Å²) in [6.45, 7) is 2.45. The quantitative estimate of drug-likeness (QED) is 0.161. The fourth-order valence-corrected chi connectivity index (χ4v) is 4.23. The van der Waals surface area contributed by atoms with Crippen LogP contribution in [0, 0.1) is 14.9 Å². The first-order valence-electron chi connectivity index (χ1n) is 10.4. The first-order chi connectivity index (χ1) is 16.8. The molecule has 0 spiro atoms. The third-order valence-corrected chi connectivity index (χ3v) is 5.97. The lowest BCUT2D eigenvalue weighted by atomic mass is 10.1. The van der Waals surface area contributed by atoms with Crippen molar-refractivity contribution in [3.63, 3.8) is 0 Å². The molecule has 0 aliphatic carbocycles. The Morgan fingerprint density at radius 3 is 2.51 bits per heavy atom. The van der Waals surface area contributed by atoms with Crippen LogP contribution >= 0.6 is 38.5 Å². The Morgan fingerprint density at radius 2 is 1.89 bits per heavy atom. The van der Waals surface area contributed by atoms with E-state index in [9.17, 15) is 14.9 Å². The summed E-state index contributed by atoms with van der Waals surface area (Å²) >= 11 is 5.46. The highest BCUT2D eigenvalue weighted by atomic mass is 127. The van der Waals surface area contributed by atoms with Gasteiger partial charge in [-0.25, -0.2) is 4.79 Å². The van der Waals surface area contributed by atoms with Crippen molar-refractivity contribution in [3.05, 3.63) is 91.0 Å². The van der Waals surface area contributed by atoms with Gasteiger partial charge in [-0.15, -0.1) is 0 Å². The lowest BCUT2D eigenvalue weighted by Gasteiger charge is -2.15. The Labute approximate surface area is 224 Å². The fourth-order valence-electron chi connectivity index (χ4n) is 3.05. The van der Waals surface area contributed by atoms with Gasteiger partial charge in [0.2, 0.25) is 0 Å². The third kappa shape index (κ3) is 7.31. The van der Waals surface area contributed by atoms with Gasteiger partial charge in [-0.3, -0.25) is 4.79 Å². The summed E-state index contributed by atoms with van der Waals surface area (Å²) in [6, 6.07) is 19.0. The van der Waals surface area contributed by atoms with Crippen LogP contribution < -0.4 is 14.8 Å². The van der Waals surface area contributed by atoms with Crippen LogP contribution in [0.25, 0.3) is 6.08 Å². The van der Waals surface area contributed by atoms with Crippen LogP contribution in [0.3, 0.4) is 0 Å². The molecule has 0 atom stereocenters. The first kappa shape index (κ1) is 26.2. The smallest absolute Gasteiger partial charge is 0.335 e. The minimum atomic E-state index is -0.989. The van der Waals surface area contributed by atoms with Gasteiger partial charge in [0.25, 0.3) is 5.91 Å². The van der Waals surface area contributed by atoms with E-state index in [0.29, 0.717) is 29.4 Å². The van der Waals surface area contributed by atoms with Crippen molar-refractivity contribution in [2.75, 3.05) is 11.9 Å². The zero-order chi connectivity index (χ0) is 25.4. The highest BCUT2D eigenvalue weighted by Crippen LogP contribution is 2.35. The summed E-state index contributed by atoms with van der Waals surface area (Å²) in [4.78, 5) is 23.7. The number of carboxylic acids is 1. The van der Waals surface area contributed by atoms with Crippen LogP contribution in [-0.4, -0.2) is 23.6 Å². The van der Waals surface area contributed by atoms with Gasteiger partial charge >= 0.3 is 5.97 Å². The van der Waals surface area contributed by atoms with E-state index in [-0.39, 0.29) is 17.7 Å². The number of anilines is 1. The monoisotopic (exact) mass is 646 g/mol. The number of nitrogens with zero attached hydrogens (tertiary/aromatic N) is 1. The number of amides is 1. The maximum Gasteiger partial charge on any atom is 0.335 e. The molecule has 1 amide bonds. The molecule has 7 nitrogen and oxygen atoms in total. The molecule has 0 heterocycles. The molecule has 0 unspecified atom stereocenters. The van der Waals surface area contributed by atoms with Crippen LogP contribution in [0.5, 0.6) is 11.5 Å². The zero-order valence-electron chi connectivity index (χ0n) is 18.5. The number of halogens is 2. The number of ether oxygens (including phenoxy) is 2. The number of rotatable bonds is 9. The molecule has 0 saturated carbocycles. The second-order valence-electron chi connectivity index (χ2n) is 7.19. The molecule has 0 aromatic heterocycles. The molecule has 178 valence electrons. The molecule has 0 aliphatic heterocycles. The van der Waals surface area contributed by atoms with E-state index in [1.165, 1.54) is 18.2 Å². The van der Waals surface area contributed by atoms with E-state index in [0.717, 1.165) is 13.6 Å². The molecule has 3 rings (SSSR count). The molecule has 0 saturated heterocycles. The number of benzene rings is 3. The average Bonchev–Trinajstić information content (AvgIpc) is 2.82. The van der Waals surface area contributed by atoms with Gasteiger partial charge in [-0.2, -0.15) is 5.26 Å². The van der Waals surface area contributed by atoms with Crippen molar-refractivity contribution in [1.82, 2.24) is 0 Å². The number of carbonyl (C=O) groups is 2. The number of carbonyl (C=O) groups excluding carboxylic acids is 1. The van der Waals surface area contributed by atoms with Crippen LogP contribution in [-0.2, 0) is 11.4 Å². The largest absolute Gasteiger partial charge is 0.490 e. The molecule has 0 bridgehead atoms. The summed E-state index contributed by atoms with van der Waals surface area (Å²) in [5.74, 6) is -0.526. The molecule has 0 aliphatic rings. The molecule has 9 heteroatoms. The number of hydrogen-bond donors (Lipinski definition) is 2. The van der Waals surface area contributed by atoms with Gasteiger partial charge in [0.1, 0.15) is 18.2 Å². The molecular weight excluding hydrogens is 627 g/mol. The van der Waals surface area contributed by atoms with Gasteiger partial charge in [-0.1, -0.05) is 34.1 Å². The maximum absolute atomic E-state index is 12.6. The second kappa shape index (κ2) is 12.4. The number of carboxylic acid groups (broad SMARTS) is 1. The molecular formula is C26H20BrIN2O5. The maximum atomic E-state index is 12.6. The van der Waals surface area contributed by atoms with Crippen molar-refractivity contribution in [3.8, 4) is 17.6 Å². The Kier molecular flexibility index (Phi) is 9.28. The topological polar surface area (TPSA) is 109 Å². The van der Waals surface area contributed by atoms with E-state index < -0.39 is 11.9 Å². The van der Waals surface area contributed by atoms with Gasteiger partial charge in [0, 0.05) is 10.2 Å². The van der Waals surface area contributed by atoms with Gasteiger partial charge < -0.3 is 19.9 Å². The van der Waals surface area contributed by atoms with E-state index in [1.54, 1.807) is 42.5 Å². The number of aromatic carboxylic acids is 1. The number of hydrogen-bond acceptors (Lipinski definition) is 5. The van der Waals surface area contributed by atoms with E-state index in [1.807, 2.05) is 19.1 Å². The summed E-state index contributed by atoms with van der Waals surface area (Å²) in [7, 11) is 0. The van der Waals surface area contributed by atoms with Crippen LogP contribution in [0.15, 0.2) is 70.7 Å². The van der Waals surface area contributed by atoms with Crippen molar-refractivity contribution in [1.29, 1.82) is 5.26 Å². The normalized spacial score (nSPS) is 10.9. The van der Waals surface area contributed by atoms with Crippen molar-refractivity contribution < 1.29 is 24.2 Å². The molecule has 2 N–H and O–H groups in total. The molecule has 3 aromatic rings. The standard InChI is InChI=1S/C26H20BrIN2O5/c1-2-34-23-12-17(10-19(14-29)25(31)30-21-5-3-4-20(27)13-21)11-22(28)24(23)35-15-16-6-8-18(9-7-16)26(32)33/h3-13H,2,15H2,1H3,(H,30,31)(H,32,33)/b19-10-. The molecule has 0 radical (unpaired) electrons. The molecule has 3 aromatic carbocycles. The highest BCUT2D eigenvalue weighted by molar-refractivity contribution is 14.1. The lowest BCUT2D eigenvalue weighted by molar-refractivity contribution is -0.112. The SMILES string of the molecule is CCOc1cc(/C=C(/C#N)C(=O)Nc2cccc(Br)c2)cc(I)c1OCc1ccc(C(=O)O)cc1. The van der Waals surface area contributed by atoms with E-state index in [4.69, 9.17) is 14.6 Å². The fraction of sp³-hybridized carbons (Fsp3) is 0.115. The predicted octanol–water partition coefficient (Wildman–Crippen LogP) is 6.28. The second-order valence-corrected chi connectivity index (χ2v) is 9.27. The Morgan fingerprint density at radius 1 is 1.14 bits per heavy atom. The van der Waals surface area contributed by atoms with Gasteiger partial charge in [-0.05, 0) is 89.2 Å². The number of nitrogens with one attached hydrogen (secondary N) is 1. The van der Waals surface area contributed by atoms with E-state index >= 15 is 0 Å². The van der Waals surface area contributed by atoms with Crippen molar-refractivity contribution in [2.24, 2.45) is 0 Å². The van der Waals surface area contributed by atoms with Crippen LogP contribution in [0.2, 0.25) is 0 Å². The zero-order valence-corrected chi connectivity index (χ0v) is 22.3. The minimum absolute atomic E-state index is 0.0598. The predicted molar refractivity (Wildman–Crippen MR) is 144 cm³/mol. The van der Waals surface area contributed by atoms with Crippen LogP contribution in [0.1, 0.15) is 28.4 Å². The summed E-state index contributed by atoms with van der Waals surface area (Å²) in [5, 5.41) is 21.3. The molecule has 35 heavy (non-hydrogen) atoms. The lowest BCUT2D eigenvalue weighted by Crippen LogP contribution is -2.13. The van der Waals surface area contributed by atoms with Gasteiger partial charge in [0.15, 0.2) is 11.5 Å². The minimum Gasteiger partial charge on any atom is -0.490 e. The van der Waals surface area contributed by atoms with Crippen molar-refractivity contribution in [2.45, 2.75) is 13.5 Å².